The standard InChI is InChI=1S/C22H16Cl2F3N3O4/c1-32-15-9-5-14(6-10-15)29-21(31)34-30-20(19-17(23)3-2-4-18(19)24)28-13-7-11-16(12-8-13)33-22(25,26)27/h2-12H,1H3,(H,28,30)(H,29,31). The van der Waals surface area contributed by atoms with Crippen molar-refractivity contribution in [3.8, 4) is 11.5 Å². The van der Waals surface area contributed by atoms with E-state index >= 15 is 0 Å². The number of hydrogen-bond donors (Lipinski definition) is 2. The average Bonchev–Trinajstić information content (AvgIpc) is 2.78. The highest BCUT2D eigenvalue weighted by Crippen LogP contribution is 2.28. The Bertz CT molecular complexity index is 1150. The van der Waals surface area contributed by atoms with Crippen molar-refractivity contribution in [3.63, 3.8) is 0 Å². The summed E-state index contributed by atoms with van der Waals surface area (Å²) in [5, 5.41) is 2.88. The van der Waals surface area contributed by atoms with Crippen LogP contribution in [-0.4, -0.2) is 25.4 Å². The van der Waals surface area contributed by atoms with Crippen molar-refractivity contribution in [2.75, 3.05) is 12.4 Å². The van der Waals surface area contributed by atoms with Crippen LogP contribution < -0.4 is 20.3 Å². The lowest BCUT2D eigenvalue weighted by atomic mass is 10.2. The van der Waals surface area contributed by atoms with Crippen LogP contribution in [0.25, 0.3) is 0 Å². The van der Waals surface area contributed by atoms with Crippen molar-refractivity contribution in [2.45, 2.75) is 6.36 Å². The molecular weight excluding hydrogens is 498 g/mol. The topological polar surface area (TPSA) is 81.2 Å². The summed E-state index contributed by atoms with van der Waals surface area (Å²) in [6.45, 7) is 0. The van der Waals surface area contributed by atoms with Gasteiger partial charge in [-0.2, -0.15) is 5.48 Å². The number of amidine groups is 1. The number of hydrogen-bond acceptors (Lipinski definition) is 5. The van der Waals surface area contributed by atoms with Crippen LogP contribution in [-0.2, 0) is 4.84 Å². The first-order valence-electron chi connectivity index (χ1n) is 9.41. The number of ether oxygens (including phenoxy) is 2. The second-order valence-corrected chi connectivity index (χ2v) is 7.26. The molecule has 0 fully saturated rings. The van der Waals surface area contributed by atoms with Gasteiger partial charge in [-0.05, 0) is 60.7 Å². The molecule has 0 radical (unpaired) electrons. The minimum atomic E-state index is -4.83. The average molecular weight is 514 g/mol. The minimum Gasteiger partial charge on any atom is -0.497 e. The summed E-state index contributed by atoms with van der Waals surface area (Å²) in [4.78, 5) is 21.5. The number of halogens is 5. The molecule has 0 unspecified atom stereocenters. The molecule has 0 aliphatic rings. The monoisotopic (exact) mass is 513 g/mol. The van der Waals surface area contributed by atoms with Gasteiger partial charge in [-0.1, -0.05) is 29.3 Å². The van der Waals surface area contributed by atoms with Gasteiger partial charge in [0.25, 0.3) is 0 Å². The summed E-state index contributed by atoms with van der Waals surface area (Å²) in [6, 6.07) is 15.9. The number of nitrogens with one attached hydrogen (secondary N) is 2. The fourth-order valence-electron chi connectivity index (χ4n) is 2.62. The molecule has 0 aliphatic carbocycles. The largest absolute Gasteiger partial charge is 0.573 e. The van der Waals surface area contributed by atoms with Crippen molar-refractivity contribution >= 4 is 46.5 Å². The molecule has 0 saturated heterocycles. The summed E-state index contributed by atoms with van der Waals surface area (Å²) in [5.74, 6) is 0.114. The molecule has 3 rings (SSSR count). The molecule has 0 atom stereocenters. The van der Waals surface area contributed by atoms with Gasteiger partial charge < -0.3 is 14.3 Å². The Morgan fingerprint density at radius 1 is 0.912 bits per heavy atom. The Morgan fingerprint density at radius 3 is 2.06 bits per heavy atom. The van der Waals surface area contributed by atoms with Gasteiger partial charge in [-0.3, -0.25) is 5.32 Å². The van der Waals surface area contributed by atoms with E-state index in [1.54, 1.807) is 30.3 Å². The predicted octanol–water partition coefficient (Wildman–Crippen LogP) is 6.73. The lowest BCUT2D eigenvalue weighted by molar-refractivity contribution is -0.274. The molecule has 34 heavy (non-hydrogen) atoms. The normalized spacial score (nSPS) is 11.5. The molecule has 3 aromatic rings. The first kappa shape index (κ1) is 25.0. The second-order valence-electron chi connectivity index (χ2n) is 6.44. The molecule has 7 nitrogen and oxygen atoms in total. The van der Waals surface area contributed by atoms with E-state index in [0.717, 1.165) is 12.1 Å². The number of rotatable bonds is 5. The van der Waals surface area contributed by atoms with E-state index in [1.807, 2.05) is 0 Å². The molecule has 0 aromatic heterocycles. The van der Waals surface area contributed by atoms with Crippen molar-refractivity contribution in [1.29, 1.82) is 0 Å². The van der Waals surface area contributed by atoms with E-state index in [9.17, 15) is 18.0 Å². The third-order valence-electron chi connectivity index (χ3n) is 4.09. The van der Waals surface area contributed by atoms with Crippen LogP contribution in [0.2, 0.25) is 10.0 Å². The van der Waals surface area contributed by atoms with Gasteiger partial charge in [0.2, 0.25) is 0 Å². The number of amides is 1. The van der Waals surface area contributed by atoms with Gasteiger partial charge in [0.15, 0.2) is 5.84 Å². The molecule has 0 bridgehead atoms. The number of benzene rings is 3. The SMILES string of the molecule is COc1ccc(NC(=O)ONC(=Nc2ccc(OC(F)(F)F)cc2)c2c(Cl)cccc2Cl)cc1. The van der Waals surface area contributed by atoms with Gasteiger partial charge in [0.05, 0.1) is 28.4 Å². The Morgan fingerprint density at radius 2 is 1.50 bits per heavy atom. The smallest absolute Gasteiger partial charge is 0.497 e. The molecule has 3 aromatic carbocycles. The number of alkyl halides is 3. The number of carbonyl (C=O) groups excluding carboxylic acids is 1. The van der Waals surface area contributed by atoms with E-state index in [2.05, 4.69) is 20.5 Å². The van der Waals surface area contributed by atoms with Crippen molar-refractivity contribution in [1.82, 2.24) is 5.48 Å². The number of carbonyl (C=O) groups is 1. The van der Waals surface area contributed by atoms with Gasteiger partial charge in [0, 0.05) is 5.69 Å². The highest BCUT2D eigenvalue weighted by molar-refractivity contribution is 6.40. The van der Waals surface area contributed by atoms with Crippen molar-refractivity contribution in [2.24, 2.45) is 4.99 Å². The van der Waals surface area contributed by atoms with E-state index in [4.69, 9.17) is 32.8 Å². The first-order valence-corrected chi connectivity index (χ1v) is 10.2. The van der Waals surface area contributed by atoms with Gasteiger partial charge >= 0.3 is 12.5 Å². The Balaban J connectivity index is 1.80. The fourth-order valence-corrected chi connectivity index (χ4v) is 3.19. The molecule has 1 amide bonds. The zero-order valence-electron chi connectivity index (χ0n) is 17.3. The number of hydroxylamine groups is 1. The highest BCUT2D eigenvalue weighted by atomic mass is 35.5. The molecule has 12 heteroatoms. The predicted molar refractivity (Wildman–Crippen MR) is 122 cm³/mol. The molecule has 0 saturated carbocycles. The maximum absolute atomic E-state index is 12.4. The Kier molecular flexibility index (Phi) is 8.08. The molecule has 0 aliphatic heterocycles. The van der Waals surface area contributed by atoms with E-state index in [1.165, 1.54) is 31.4 Å². The number of anilines is 1. The summed E-state index contributed by atoms with van der Waals surface area (Å²) in [5.41, 5.74) is 3.24. The van der Waals surface area contributed by atoms with E-state index in [-0.39, 0.29) is 27.1 Å². The third-order valence-corrected chi connectivity index (χ3v) is 4.72. The van der Waals surface area contributed by atoms with Gasteiger partial charge in [0.1, 0.15) is 11.5 Å². The van der Waals surface area contributed by atoms with Crippen LogP contribution in [0.15, 0.2) is 71.7 Å². The Labute approximate surface area is 202 Å². The number of nitrogens with zero attached hydrogens (tertiary/aromatic N) is 1. The molecule has 178 valence electrons. The van der Waals surface area contributed by atoms with Crippen LogP contribution in [0.4, 0.5) is 29.3 Å². The zero-order valence-corrected chi connectivity index (χ0v) is 18.8. The number of methoxy groups -OCH3 is 1. The number of aliphatic imine (C=N–C) groups is 1. The lowest BCUT2D eigenvalue weighted by Crippen LogP contribution is -2.30. The molecule has 0 spiro atoms. The van der Waals surface area contributed by atoms with Crippen LogP contribution in [0.3, 0.4) is 0 Å². The molecular formula is C22H16Cl2F3N3O4. The second kappa shape index (κ2) is 11.0. The summed E-state index contributed by atoms with van der Waals surface area (Å²) in [6.07, 6.45) is -5.71. The quantitative estimate of drug-likeness (QED) is 0.224. The van der Waals surface area contributed by atoms with Crippen LogP contribution in [0.5, 0.6) is 11.5 Å². The summed E-state index contributed by atoms with van der Waals surface area (Å²) >= 11 is 12.5. The van der Waals surface area contributed by atoms with Crippen LogP contribution >= 0.6 is 23.2 Å². The lowest BCUT2D eigenvalue weighted by Gasteiger charge is -2.14. The summed E-state index contributed by atoms with van der Waals surface area (Å²) in [7, 11) is 1.51. The molecule has 0 heterocycles. The van der Waals surface area contributed by atoms with E-state index < -0.39 is 18.2 Å². The zero-order chi connectivity index (χ0) is 24.7. The van der Waals surface area contributed by atoms with Gasteiger partial charge in [-0.25, -0.2) is 9.79 Å². The fraction of sp³-hybridized carbons (Fsp3) is 0.0909. The van der Waals surface area contributed by atoms with Crippen LogP contribution in [0, 0.1) is 0 Å². The van der Waals surface area contributed by atoms with E-state index in [0.29, 0.717) is 11.4 Å². The first-order chi connectivity index (χ1) is 16.1. The Hall–Kier alpha value is -3.63. The van der Waals surface area contributed by atoms with Crippen molar-refractivity contribution < 1.29 is 32.3 Å². The van der Waals surface area contributed by atoms with Gasteiger partial charge in [-0.15, -0.1) is 13.2 Å². The third kappa shape index (κ3) is 7.19. The maximum atomic E-state index is 12.4. The van der Waals surface area contributed by atoms with Crippen molar-refractivity contribution in [3.05, 3.63) is 82.3 Å². The molecule has 2 N–H and O–H groups in total. The summed E-state index contributed by atoms with van der Waals surface area (Å²) < 4.78 is 46.0. The highest BCUT2D eigenvalue weighted by Gasteiger charge is 2.31. The maximum Gasteiger partial charge on any atom is 0.573 e. The van der Waals surface area contributed by atoms with Crippen LogP contribution in [0.1, 0.15) is 5.56 Å². The minimum absolute atomic E-state index is 0.0648.